The van der Waals surface area contributed by atoms with Crippen LogP contribution in [0.2, 0.25) is 0 Å². The summed E-state index contributed by atoms with van der Waals surface area (Å²) in [5.74, 6) is -3.75. The standard InChI is InChI=1S/C10H13F2N.C9H12F2N2.C9H13FN2.C9H13N.C8H11N/c1-7(2)8-4-5-9(13-6-8)10(3,11)12;1-6(2)7-4-12-8(13-5-7)9(3,10)11;1-6(2)8-4-11-9(7(3)10)12-5-8;1-7(2)9-5-4-8(3)10-6-9;1-7(2)8-3-5-9-6-4-8/h4-7H,1-3H3;4-6H,1-3H3;4-7H,1-3H3;4-7H,1-3H3;3-7H,1-2H3. The Bertz CT molecular complexity index is 1700. The third-order valence-corrected chi connectivity index (χ3v) is 8.32. The number of halogens is 5. The largest absolute Gasteiger partial charge is 0.303 e. The van der Waals surface area contributed by atoms with Crippen molar-refractivity contribution in [3.8, 4) is 0 Å². The molecule has 0 aliphatic carbocycles. The van der Waals surface area contributed by atoms with Gasteiger partial charge in [-0.1, -0.05) is 81.4 Å². The van der Waals surface area contributed by atoms with Crippen LogP contribution in [0.3, 0.4) is 0 Å². The van der Waals surface area contributed by atoms with Gasteiger partial charge >= 0.3 is 5.92 Å². The van der Waals surface area contributed by atoms with E-state index in [1.165, 1.54) is 42.7 Å². The fourth-order valence-electron chi connectivity index (χ4n) is 4.29. The lowest BCUT2D eigenvalue weighted by atomic mass is 10.1. The number of hydrogen-bond acceptors (Lipinski definition) is 7. The summed E-state index contributed by atoms with van der Waals surface area (Å²) in [4.78, 5) is 26.9. The number of aryl methyl sites for hydroxylation is 1. The minimum Gasteiger partial charge on any atom is -0.265 e. The number of pyridine rings is 3. The zero-order valence-electron chi connectivity index (χ0n) is 36.1. The number of aromatic nitrogens is 7. The Morgan fingerprint density at radius 3 is 1.12 bits per heavy atom. The van der Waals surface area contributed by atoms with Crippen molar-refractivity contribution in [1.29, 1.82) is 0 Å². The van der Waals surface area contributed by atoms with E-state index in [2.05, 4.69) is 88.6 Å². The lowest BCUT2D eigenvalue weighted by Crippen LogP contribution is -2.12. The van der Waals surface area contributed by atoms with Crippen LogP contribution in [0.5, 0.6) is 0 Å². The molecule has 5 aromatic heterocycles. The Labute approximate surface area is 337 Å². The van der Waals surface area contributed by atoms with Crippen molar-refractivity contribution in [2.45, 2.75) is 145 Å². The third kappa shape index (κ3) is 19.8. The molecule has 0 aliphatic heterocycles. The smallest absolute Gasteiger partial charge is 0.265 e. The Morgan fingerprint density at radius 2 is 0.825 bits per heavy atom. The molecule has 12 heteroatoms. The fourth-order valence-corrected chi connectivity index (χ4v) is 4.29. The lowest BCUT2D eigenvalue weighted by Gasteiger charge is -2.10. The molecule has 0 radical (unpaired) electrons. The van der Waals surface area contributed by atoms with E-state index < -0.39 is 23.8 Å². The SMILES string of the molecule is CC(C)c1ccc(C(C)(F)F)nc1.CC(C)c1ccncc1.CC(C)c1cnc(C(C)(F)F)nc1.CC(C)c1cnc(C(C)F)nc1.Cc1ccc(C(C)C)cn1. The maximum Gasteiger partial charge on any atom is 0.303 e. The quantitative estimate of drug-likeness (QED) is 0.144. The molecule has 5 heterocycles. The van der Waals surface area contributed by atoms with Crippen LogP contribution in [0.25, 0.3) is 0 Å². The molecule has 0 saturated carbocycles. The zero-order chi connectivity index (χ0) is 43.5. The maximum atomic E-state index is 12.7. The molecular weight excluding hydrogens is 734 g/mol. The summed E-state index contributed by atoms with van der Waals surface area (Å²) in [6.07, 6.45) is 12.3. The van der Waals surface area contributed by atoms with Crippen molar-refractivity contribution >= 4 is 0 Å². The molecule has 1 atom stereocenters. The van der Waals surface area contributed by atoms with Crippen molar-refractivity contribution < 1.29 is 22.0 Å². The highest BCUT2D eigenvalue weighted by Crippen LogP contribution is 2.26. The second kappa shape index (κ2) is 24.1. The van der Waals surface area contributed by atoms with Gasteiger partial charge in [0.1, 0.15) is 5.69 Å². The first kappa shape index (κ1) is 50.3. The first-order valence-electron chi connectivity index (χ1n) is 19.3. The lowest BCUT2D eigenvalue weighted by molar-refractivity contribution is 0.00753. The molecule has 0 aliphatic rings. The monoisotopic (exact) mass is 795 g/mol. The van der Waals surface area contributed by atoms with E-state index in [1.54, 1.807) is 18.5 Å². The van der Waals surface area contributed by atoms with E-state index in [-0.39, 0.29) is 17.4 Å². The normalized spacial score (nSPS) is 11.8. The summed E-state index contributed by atoms with van der Waals surface area (Å²) in [5, 5.41) is 0. The van der Waals surface area contributed by atoms with E-state index in [9.17, 15) is 22.0 Å². The topological polar surface area (TPSA) is 90.2 Å². The second-order valence-corrected chi connectivity index (χ2v) is 15.4. The number of hydrogen-bond donors (Lipinski definition) is 0. The van der Waals surface area contributed by atoms with E-state index in [1.807, 2.05) is 65.3 Å². The average molecular weight is 796 g/mol. The molecule has 0 fully saturated rings. The van der Waals surface area contributed by atoms with Crippen LogP contribution in [0.15, 0.2) is 86.0 Å². The fraction of sp³-hybridized carbons (Fsp3) is 0.489. The maximum absolute atomic E-state index is 12.7. The van der Waals surface area contributed by atoms with E-state index >= 15 is 0 Å². The first-order valence-corrected chi connectivity index (χ1v) is 19.3. The molecule has 0 aromatic carbocycles. The van der Waals surface area contributed by atoms with Crippen molar-refractivity contribution in [3.63, 3.8) is 0 Å². The highest BCUT2D eigenvalue weighted by molar-refractivity contribution is 5.19. The van der Waals surface area contributed by atoms with E-state index in [0.29, 0.717) is 23.7 Å². The van der Waals surface area contributed by atoms with Gasteiger partial charge in [-0.05, 0) is 95.5 Å². The molecule has 312 valence electrons. The summed E-state index contributed by atoms with van der Waals surface area (Å²) >= 11 is 0. The third-order valence-electron chi connectivity index (χ3n) is 8.32. The minimum atomic E-state index is -2.95. The summed E-state index contributed by atoms with van der Waals surface area (Å²) in [5.41, 5.74) is 6.47. The van der Waals surface area contributed by atoms with Crippen LogP contribution < -0.4 is 0 Å². The molecule has 0 spiro atoms. The van der Waals surface area contributed by atoms with Gasteiger partial charge < -0.3 is 0 Å². The van der Waals surface area contributed by atoms with Crippen molar-refractivity contribution in [3.05, 3.63) is 137 Å². The summed E-state index contributed by atoms with van der Waals surface area (Å²) in [6, 6.07) is 11.4. The number of alkyl halides is 5. The Hall–Kier alpha value is -4.74. The molecule has 5 aromatic rings. The Kier molecular flexibility index (Phi) is 21.3. The zero-order valence-corrected chi connectivity index (χ0v) is 36.1. The van der Waals surface area contributed by atoms with Gasteiger partial charge in [0.25, 0.3) is 5.92 Å². The number of nitrogens with zero attached hydrogens (tertiary/aromatic N) is 7. The molecular formula is C45H62F5N7. The Balaban J connectivity index is 0.000000358. The molecule has 57 heavy (non-hydrogen) atoms. The molecule has 7 nitrogen and oxygen atoms in total. The van der Waals surface area contributed by atoms with Gasteiger partial charge in [0.05, 0.1) is 0 Å². The molecule has 1 unspecified atom stereocenters. The van der Waals surface area contributed by atoms with Crippen LogP contribution in [0.4, 0.5) is 22.0 Å². The summed E-state index contributed by atoms with van der Waals surface area (Å²) in [7, 11) is 0. The van der Waals surface area contributed by atoms with Gasteiger partial charge in [-0.3, -0.25) is 15.0 Å². The highest BCUT2D eigenvalue weighted by Gasteiger charge is 2.28. The van der Waals surface area contributed by atoms with Gasteiger partial charge in [-0.15, -0.1) is 0 Å². The van der Waals surface area contributed by atoms with Gasteiger partial charge in [0, 0.05) is 69.1 Å². The summed E-state index contributed by atoms with van der Waals surface area (Å²) < 4.78 is 63.4. The van der Waals surface area contributed by atoms with Crippen LogP contribution in [0.1, 0.15) is 177 Å². The van der Waals surface area contributed by atoms with Crippen molar-refractivity contribution in [1.82, 2.24) is 34.9 Å². The average Bonchev–Trinajstić information content (AvgIpc) is 3.16. The molecule has 0 N–H and O–H groups in total. The van der Waals surface area contributed by atoms with Gasteiger partial charge in [-0.25, -0.2) is 24.3 Å². The van der Waals surface area contributed by atoms with Gasteiger partial charge in [0.15, 0.2) is 17.8 Å². The highest BCUT2D eigenvalue weighted by atomic mass is 19.3. The Morgan fingerprint density at radius 1 is 0.439 bits per heavy atom. The van der Waals surface area contributed by atoms with Gasteiger partial charge in [0.2, 0.25) is 0 Å². The van der Waals surface area contributed by atoms with Crippen LogP contribution in [-0.2, 0) is 11.8 Å². The molecule has 5 rings (SSSR count). The minimum absolute atomic E-state index is 0.170. The van der Waals surface area contributed by atoms with Gasteiger partial charge in [-0.2, -0.15) is 17.6 Å². The van der Waals surface area contributed by atoms with Crippen LogP contribution in [0, 0.1) is 6.92 Å². The molecule has 0 amide bonds. The van der Waals surface area contributed by atoms with Crippen molar-refractivity contribution in [2.24, 2.45) is 0 Å². The van der Waals surface area contributed by atoms with Crippen molar-refractivity contribution in [2.75, 3.05) is 0 Å². The van der Waals surface area contributed by atoms with Crippen LogP contribution in [-0.4, -0.2) is 34.9 Å². The van der Waals surface area contributed by atoms with Crippen LogP contribution >= 0.6 is 0 Å². The molecule has 0 bridgehead atoms. The molecule has 0 saturated heterocycles. The summed E-state index contributed by atoms with van der Waals surface area (Å²) in [6.45, 7) is 25.8. The second-order valence-electron chi connectivity index (χ2n) is 15.4. The number of rotatable bonds is 8. The van der Waals surface area contributed by atoms with E-state index in [0.717, 1.165) is 36.2 Å². The predicted octanol–water partition coefficient (Wildman–Crippen LogP) is 13.4. The van der Waals surface area contributed by atoms with E-state index in [4.69, 9.17) is 0 Å². The predicted molar refractivity (Wildman–Crippen MR) is 221 cm³/mol. The first-order chi connectivity index (χ1) is 26.4.